The van der Waals surface area contributed by atoms with E-state index >= 15 is 0 Å². The number of para-hydroxylation sites is 1. The van der Waals surface area contributed by atoms with Crippen LogP contribution in [0.5, 0.6) is 11.5 Å². The van der Waals surface area contributed by atoms with Crippen LogP contribution < -0.4 is 10.1 Å². The summed E-state index contributed by atoms with van der Waals surface area (Å²) in [5, 5.41) is 12.7. The standard InChI is InChI=1S/C22H27NO5/c1-22(2,3)15-10-12-16(13-11-15)28-14-6-9-19(24)23-18-8-5-7-17(20(18)25)21(26)27-4/h5,7-8,10-13,25H,6,9,14H2,1-4H3,(H,23,24). The molecular weight excluding hydrogens is 358 g/mol. The van der Waals surface area contributed by atoms with Crippen molar-refractivity contribution in [3.8, 4) is 11.5 Å². The number of methoxy groups -OCH3 is 1. The molecule has 0 saturated carbocycles. The molecule has 0 bridgehead atoms. The van der Waals surface area contributed by atoms with Gasteiger partial charge in [0, 0.05) is 6.42 Å². The van der Waals surface area contributed by atoms with E-state index in [0.717, 1.165) is 5.75 Å². The maximum Gasteiger partial charge on any atom is 0.341 e. The van der Waals surface area contributed by atoms with Crippen LogP contribution in [-0.2, 0) is 14.9 Å². The van der Waals surface area contributed by atoms with Gasteiger partial charge in [-0.3, -0.25) is 4.79 Å². The smallest absolute Gasteiger partial charge is 0.341 e. The molecule has 6 nitrogen and oxygen atoms in total. The number of carbonyl (C=O) groups is 2. The number of nitrogens with one attached hydrogen (secondary N) is 1. The summed E-state index contributed by atoms with van der Waals surface area (Å²) >= 11 is 0. The molecule has 0 heterocycles. The number of hydrogen-bond acceptors (Lipinski definition) is 5. The first-order chi connectivity index (χ1) is 13.2. The second-order valence-electron chi connectivity index (χ2n) is 7.47. The quantitative estimate of drug-likeness (QED) is 0.422. The summed E-state index contributed by atoms with van der Waals surface area (Å²) < 4.78 is 10.3. The van der Waals surface area contributed by atoms with Crippen molar-refractivity contribution in [2.75, 3.05) is 19.0 Å². The Balaban J connectivity index is 1.81. The minimum Gasteiger partial charge on any atom is -0.505 e. The number of aromatic hydroxyl groups is 1. The molecule has 0 aliphatic carbocycles. The summed E-state index contributed by atoms with van der Waals surface area (Å²) in [4.78, 5) is 23.7. The third-order valence-corrected chi connectivity index (χ3v) is 4.25. The fourth-order valence-electron chi connectivity index (χ4n) is 2.61. The zero-order valence-corrected chi connectivity index (χ0v) is 16.7. The molecule has 0 spiro atoms. The van der Waals surface area contributed by atoms with Gasteiger partial charge >= 0.3 is 5.97 Å². The molecule has 1 amide bonds. The van der Waals surface area contributed by atoms with Crippen molar-refractivity contribution in [2.45, 2.75) is 39.0 Å². The van der Waals surface area contributed by atoms with Crippen LogP contribution in [0.2, 0.25) is 0 Å². The zero-order valence-electron chi connectivity index (χ0n) is 16.7. The van der Waals surface area contributed by atoms with E-state index in [2.05, 4.69) is 30.8 Å². The van der Waals surface area contributed by atoms with Crippen LogP contribution in [0.1, 0.15) is 49.5 Å². The molecule has 6 heteroatoms. The molecule has 150 valence electrons. The van der Waals surface area contributed by atoms with Crippen molar-refractivity contribution in [3.05, 3.63) is 53.6 Å². The fourth-order valence-corrected chi connectivity index (χ4v) is 2.61. The second kappa shape index (κ2) is 9.26. The molecule has 2 aromatic carbocycles. The Kier molecular flexibility index (Phi) is 7.04. The minimum absolute atomic E-state index is 0.00216. The van der Waals surface area contributed by atoms with E-state index in [4.69, 9.17) is 4.74 Å². The normalized spacial score (nSPS) is 11.0. The summed E-state index contributed by atoms with van der Waals surface area (Å²) in [5.74, 6) is -0.488. The Morgan fingerprint density at radius 1 is 1.07 bits per heavy atom. The SMILES string of the molecule is COC(=O)c1cccc(NC(=O)CCCOc2ccc(C(C)(C)C)cc2)c1O. The fraction of sp³-hybridized carbons (Fsp3) is 0.364. The lowest BCUT2D eigenvalue weighted by Crippen LogP contribution is -2.14. The van der Waals surface area contributed by atoms with Gasteiger partial charge in [-0.2, -0.15) is 0 Å². The van der Waals surface area contributed by atoms with E-state index in [1.165, 1.54) is 24.8 Å². The molecule has 0 saturated heterocycles. The highest BCUT2D eigenvalue weighted by atomic mass is 16.5. The first-order valence-corrected chi connectivity index (χ1v) is 9.16. The van der Waals surface area contributed by atoms with Gasteiger partial charge in [0.2, 0.25) is 5.91 Å². The number of phenolic OH excluding ortho intramolecular Hbond substituents is 1. The van der Waals surface area contributed by atoms with Crippen LogP contribution in [-0.4, -0.2) is 30.7 Å². The van der Waals surface area contributed by atoms with Crippen LogP contribution in [0.15, 0.2) is 42.5 Å². The van der Waals surface area contributed by atoms with E-state index in [0.29, 0.717) is 13.0 Å². The van der Waals surface area contributed by atoms with Crippen molar-refractivity contribution >= 4 is 17.6 Å². The van der Waals surface area contributed by atoms with Gasteiger partial charge in [0.15, 0.2) is 5.75 Å². The number of carbonyl (C=O) groups excluding carboxylic acids is 2. The highest BCUT2D eigenvalue weighted by Crippen LogP contribution is 2.28. The average molecular weight is 385 g/mol. The average Bonchev–Trinajstić information content (AvgIpc) is 2.66. The van der Waals surface area contributed by atoms with Crippen molar-refractivity contribution in [1.82, 2.24) is 0 Å². The second-order valence-corrected chi connectivity index (χ2v) is 7.47. The number of ether oxygens (including phenoxy) is 2. The lowest BCUT2D eigenvalue weighted by molar-refractivity contribution is -0.116. The van der Waals surface area contributed by atoms with Crippen LogP contribution in [0.3, 0.4) is 0 Å². The van der Waals surface area contributed by atoms with Crippen LogP contribution in [0.25, 0.3) is 0 Å². The number of hydrogen-bond donors (Lipinski definition) is 2. The Bertz CT molecular complexity index is 822. The molecule has 2 N–H and O–H groups in total. The Hall–Kier alpha value is -3.02. The zero-order chi connectivity index (χ0) is 20.7. The van der Waals surface area contributed by atoms with Crippen molar-refractivity contribution < 1.29 is 24.2 Å². The maximum atomic E-state index is 12.1. The van der Waals surface area contributed by atoms with Gasteiger partial charge in [-0.05, 0) is 41.7 Å². The van der Waals surface area contributed by atoms with Crippen LogP contribution >= 0.6 is 0 Å². The van der Waals surface area contributed by atoms with Crippen LogP contribution in [0.4, 0.5) is 5.69 Å². The first kappa shape index (κ1) is 21.3. The molecule has 0 unspecified atom stereocenters. The summed E-state index contributed by atoms with van der Waals surface area (Å²) in [6.07, 6.45) is 0.742. The maximum absolute atomic E-state index is 12.1. The number of anilines is 1. The van der Waals surface area contributed by atoms with E-state index in [1.807, 2.05) is 24.3 Å². The van der Waals surface area contributed by atoms with Gasteiger partial charge in [-0.25, -0.2) is 4.79 Å². The Labute approximate surface area is 165 Å². The summed E-state index contributed by atoms with van der Waals surface area (Å²) in [6.45, 7) is 6.86. The Morgan fingerprint density at radius 3 is 2.36 bits per heavy atom. The van der Waals surface area contributed by atoms with Gasteiger partial charge in [0.25, 0.3) is 0 Å². The number of benzene rings is 2. The predicted molar refractivity (Wildman–Crippen MR) is 108 cm³/mol. The lowest BCUT2D eigenvalue weighted by Gasteiger charge is -2.19. The Morgan fingerprint density at radius 2 is 1.75 bits per heavy atom. The van der Waals surface area contributed by atoms with E-state index < -0.39 is 5.97 Å². The third-order valence-electron chi connectivity index (χ3n) is 4.25. The minimum atomic E-state index is -0.667. The van der Waals surface area contributed by atoms with Gasteiger partial charge in [0.05, 0.1) is 19.4 Å². The largest absolute Gasteiger partial charge is 0.505 e. The highest BCUT2D eigenvalue weighted by molar-refractivity contribution is 5.98. The van der Waals surface area contributed by atoms with E-state index in [-0.39, 0.29) is 34.7 Å². The monoisotopic (exact) mass is 385 g/mol. The predicted octanol–water partition coefficient (Wildman–Crippen LogP) is 4.27. The van der Waals surface area contributed by atoms with Crippen molar-refractivity contribution in [1.29, 1.82) is 0 Å². The van der Waals surface area contributed by atoms with E-state index in [1.54, 1.807) is 6.07 Å². The molecule has 0 radical (unpaired) electrons. The molecule has 0 atom stereocenters. The van der Waals surface area contributed by atoms with Gasteiger partial charge in [-0.1, -0.05) is 39.0 Å². The van der Waals surface area contributed by atoms with Gasteiger partial charge < -0.3 is 19.9 Å². The molecule has 0 fully saturated rings. The van der Waals surface area contributed by atoms with Crippen molar-refractivity contribution in [3.63, 3.8) is 0 Å². The van der Waals surface area contributed by atoms with E-state index in [9.17, 15) is 14.7 Å². The highest BCUT2D eigenvalue weighted by Gasteiger charge is 2.16. The summed E-state index contributed by atoms with van der Waals surface area (Å²) in [7, 11) is 1.23. The molecule has 2 aromatic rings. The number of esters is 1. The topological polar surface area (TPSA) is 84.9 Å². The molecule has 0 aromatic heterocycles. The lowest BCUT2D eigenvalue weighted by atomic mass is 9.87. The number of amides is 1. The van der Waals surface area contributed by atoms with Gasteiger partial charge in [0.1, 0.15) is 11.3 Å². The summed E-state index contributed by atoms with van der Waals surface area (Å²) in [6, 6.07) is 12.4. The summed E-state index contributed by atoms with van der Waals surface area (Å²) in [5.41, 5.74) is 1.50. The molecule has 0 aliphatic heterocycles. The molecular formula is C22H27NO5. The number of rotatable bonds is 7. The first-order valence-electron chi connectivity index (χ1n) is 9.16. The molecule has 2 rings (SSSR count). The van der Waals surface area contributed by atoms with Gasteiger partial charge in [-0.15, -0.1) is 0 Å². The van der Waals surface area contributed by atoms with Crippen molar-refractivity contribution in [2.24, 2.45) is 0 Å². The van der Waals surface area contributed by atoms with Crippen LogP contribution in [0, 0.1) is 0 Å². The molecule has 0 aliphatic rings. The molecule has 28 heavy (non-hydrogen) atoms. The third kappa shape index (κ3) is 5.74. The number of phenols is 1.